The van der Waals surface area contributed by atoms with Gasteiger partial charge >= 0.3 is 0 Å². The lowest BCUT2D eigenvalue weighted by Gasteiger charge is -2.24. The lowest BCUT2D eigenvalue weighted by molar-refractivity contribution is -0.122. The molecule has 1 aliphatic carbocycles. The Labute approximate surface area is 75.7 Å². The van der Waals surface area contributed by atoms with Gasteiger partial charge in [0.25, 0.3) is 0 Å². The highest BCUT2D eigenvalue weighted by molar-refractivity contribution is 5.86. The van der Waals surface area contributed by atoms with E-state index in [0.717, 1.165) is 12.8 Å². The summed E-state index contributed by atoms with van der Waals surface area (Å²) in [5.41, 5.74) is -0.153. The first-order valence-electron chi connectivity index (χ1n) is 4.91. The predicted octanol–water partition coefficient (Wildman–Crippen LogP) is 2.13. The number of Topliss-reactive ketones (excluding diaryl/α,β-unsaturated/α-hetero) is 1. The zero-order chi connectivity index (χ0) is 9.61. The van der Waals surface area contributed by atoms with Gasteiger partial charge in [0.15, 0.2) is 0 Å². The summed E-state index contributed by atoms with van der Waals surface area (Å²) in [4.78, 5) is 11.1. The molecule has 0 aromatic heterocycles. The third kappa shape index (κ3) is 2.31. The monoisotopic (exact) mass is 171 g/mol. The second kappa shape index (κ2) is 5.31. The summed E-state index contributed by atoms with van der Waals surface area (Å²) in [6.07, 6.45) is 4.44. The summed E-state index contributed by atoms with van der Waals surface area (Å²) in [7, 11) is 1.88. The fourth-order valence-corrected chi connectivity index (χ4v) is 1.76. The first-order chi connectivity index (χ1) is 5.71. The minimum absolute atomic E-state index is 0.153. The zero-order valence-corrected chi connectivity index (χ0v) is 8.74. The molecule has 1 fully saturated rings. The van der Waals surface area contributed by atoms with Crippen LogP contribution in [0.4, 0.5) is 0 Å². The molecular formula is C10H21NO. The van der Waals surface area contributed by atoms with E-state index >= 15 is 0 Å². The standard InChI is InChI=1S/C8H15NO.C2H6/c1-7(10)8(9-2)5-3-4-6-8;1-2/h9H,3-6H2,1-2H3;1-2H3. The average molecular weight is 171 g/mol. The quantitative estimate of drug-likeness (QED) is 0.689. The van der Waals surface area contributed by atoms with E-state index in [-0.39, 0.29) is 5.54 Å². The van der Waals surface area contributed by atoms with Crippen molar-refractivity contribution in [1.29, 1.82) is 0 Å². The first kappa shape index (κ1) is 11.6. The second-order valence-electron chi connectivity index (χ2n) is 3.10. The van der Waals surface area contributed by atoms with Crippen molar-refractivity contribution in [1.82, 2.24) is 5.32 Å². The van der Waals surface area contributed by atoms with Crippen molar-refractivity contribution in [3.05, 3.63) is 0 Å². The summed E-state index contributed by atoms with van der Waals surface area (Å²) in [5, 5.41) is 3.13. The Balaban J connectivity index is 0.000000561. The molecule has 0 amide bonds. The number of hydrogen-bond donors (Lipinski definition) is 1. The lowest BCUT2D eigenvalue weighted by atomic mass is 9.93. The van der Waals surface area contributed by atoms with Gasteiger partial charge in [-0.2, -0.15) is 0 Å². The topological polar surface area (TPSA) is 29.1 Å². The van der Waals surface area contributed by atoms with Crippen molar-refractivity contribution >= 4 is 5.78 Å². The average Bonchev–Trinajstić information content (AvgIpc) is 2.57. The minimum atomic E-state index is -0.153. The van der Waals surface area contributed by atoms with Crippen molar-refractivity contribution in [2.75, 3.05) is 7.05 Å². The third-order valence-electron chi connectivity index (χ3n) is 2.61. The van der Waals surface area contributed by atoms with Crippen LogP contribution in [0.3, 0.4) is 0 Å². The highest BCUT2D eigenvalue weighted by Gasteiger charge is 2.36. The van der Waals surface area contributed by atoms with Crippen LogP contribution in [0.2, 0.25) is 0 Å². The maximum Gasteiger partial charge on any atom is 0.149 e. The van der Waals surface area contributed by atoms with Crippen LogP contribution >= 0.6 is 0 Å². The lowest BCUT2D eigenvalue weighted by Crippen LogP contribution is -2.46. The van der Waals surface area contributed by atoms with Gasteiger partial charge in [-0.1, -0.05) is 26.7 Å². The summed E-state index contributed by atoms with van der Waals surface area (Å²) < 4.78 is 0. The molecule has 0 atom stereocenters. The SMILES string of the molecule is CC.CNC1(C(C)=O)CCCC1. The summed E-state index contributed by atoms with van der Waals surface area (Å²) >= 11 is 0. The number of likely N-dealkylation sites (N-methyl/N-ethyl adjacent to an activating group) is 1. The maximum absolute atomic E-state index is 11.1. The Morgan fingerprint density at radius 1 is 1.25 bits per heavy atom. The van der Waals surface area contributed by atoms with Crippen LogP contribution in [0.25, 0.3) is 0 Å². The van der Waals surface area contributed by atoms with E-state index in [9.17, 15) is 4.79 Å². The Bertz CT molecular complexity index is 137. The molecule has 0 bridgehead atoms. The van der Waals surface area contributed by atoms with Crippen molar-refractivity contribution in [3.63, 3.8) is 0 Å². The Kier molecular flexibility index (Phi) is 5.14. The largest absolute Gasteiger partial charge is 0.308 e. The third-order valence-corrected chi connectivity index (χ3v) is 2.61. The van der Waals surface area contributed by atoms with Gasteiger partial charge in [0, 0.05) is 0 Å². The van der Waals surface area contributed by atoms with Crippen molar-refractivity contribution in [2.45, 2.75) is 52.0 Å². The van der Waals surface area contributed by atoms with Crippen LogP contribution in [0, 0.1) is 0 Å². The molecule has 72 valence electrons. The van der Waals surface area contributed by atoms with E-state index in [4.69, 9.17) is 0 Å². The number of ketones is 1. The van der Waals surface area contributed by atoms with Gasteiger partial charge < -0.3 is 5.32 Å². The van der Waals surface area contributed by atoms with E-state index in [0.29, 0.717) is 5.78 Å². The van der Waals surface area contributed by atoms with Crippen LogP contribution in [0.5, 0.6) is 0 Å². The van der Waals surface area contributed by atoms with Crippen LogP contribution in [0.15, 0.2) is 0 Å². The van der Waals surface area contributed by atoms with Crippen molar-refractivity contribution in [2.24, 2.45) is 0 Å². The molecule has 0 aromatic rings. The van der Waals surface area contributed by atoms with Crippen LogP contribution in [-0.4, -0.2) is 18.4 Å². The van der Waals surface area contributed by atoms with Crippen molar-refractivity contribution < 1.29 is 4.79 Å². The molecule has 0 spiro atoms. The van der Waals surface area contributed by atoms with E-state index in [2.05, 4.69) is 5.32 Å². The molecule has 0 heterocycles. The van der Waals surface area contributed by atoms with Gasteiger partial charge in [-0.3, -0.25) is 4.79 Å². The van der Waals surface area contributed by atoms with Gasteiger partial charge in [0.1, 0.15) is 5.78 Å². The molecule has 0 aromatic carbocycles. The van der Waals surface area contributed by atoms with Gasteiger partial charge in [0.05, 0.1) is 5.54 Å². The molecular weight excluding hydrogens is 150 g/mol. The summed E-state index contributed by atoms with van der Waals surface area (Å²) in [5.74, 6) is 0.299. The number of hydrogen-bond acceptors (Lipinski definition) is 2. The number of nitrogens with one attached hydrogen (secondary N) is 1. The Morgan fingerprint density at radius 3 is 1.83 bits per heavy atom. The molecule has 1 N–H and O–H groups in total. The van der Waals surface area contributed by atoms with Gasteiger partial charge in [-0.05, 0) is 26.8 Å². The smallest absolute Gasteiger partial charge is 0.149 e. The van der Waals surface area contributed by atoms with Crippen LogP contribution < -0.4 is 5.32 Å². The molecule has 12 heavy (non-hydrogen) atoms. The molecule has 0 unspecified atom stereocenters. The summed E-state index contributed by atoms with van der Waals surface area (Å²) in [6.45, 7) is 5.68. The normalized spacial score (nSPS) is 19.7. The van der Waals surface area contributed by atoms with Gasteiger partial charge in [-0.15, -0.1) is 0 Å². The molecule has 1 aliphatic rings. The molecule has 1 rings (SSSR count). The molecule has 2 heteroatoms. The minimum Gasteiger partial charge on any atom is -0.308 e. The fourth-order valence-electron chi connectivity index (χ4n) is 1.76. The second-order valence-corrected chi connectivity index (χ2v) is 3.10. The fraction of sp³-hybridized carbons (Fsp3) is 0.900. The highest BCUT2D eigenvalue weighted by Crippen LogP contribution is 2.29. The molecule has 0 aliphatic heterocycles. The van der Waals surface area contributed by atoms with E-state index in [1.807, 2.05) is 20.9 Å². The first-order valence-corrected chi connectivity index (χ1v) is 4.91. The van der Waals surface area contributed by atoms with Gasteiger partial charge in [0.2, 0.25) is 0 Å². The van der Waals surface area contributed by atoms with E-state index in [1.165, 1.54) is 12.8 Å². The number of carbonyl (C=O) groups excluding carboxylic acids is 1. The Morgan fingerprint density at radius 2 is 1.67 bits per heavy atom. The summed E-state index contributed by atoms with van der Waals surface area (Å²) in [6, 6.07) is 0. The maximum atomic E-state index is 11.1. The molecule has 1 saturated carbocycles. The number of rotatable bonds is 2. The molecule has 0 saturated heterocycles. The van der Waals surface area contributed by atoms with E-state index < -0.39 is 0 Å². The number of carbonyl (C=O) groups is 1. The predicted molar refractivity (Wildman–Crippen MR) is 52.3 cm³/mol. The van der Waals surface area contributed by atoms with E-state index in [1.54, 1.807) is 6.92 Å². The van der Waals surface area contributed by atoms with Crippen LogP contribution in [-0.2, 0) is 4.79 Å². The molecule has 0 radical (unpaired) electrons. The Hall–Kier alpha value is -0.370. The zero-order valence-electron chi connectivity index (χ0n) is 8.74. The van der Waals surface area contributed by atoms with Crippen molar-refractivity contribution in [3.8, 4) is 0 Å². The highest BCUT2D eigenvalue weighted by atomic mass is 16.1. The van der Waals surface area contributed by atoms with Gasteiger partial charge in [-0.25, -0.2) is 0 Å². The van der Waals surface area contributed by atoms with Crippen LogP contribution in [0.1, 0.15) is 46.5 Å². The molecule has 2 nitrogen and oxygen atoms in total.